The van der Waals surface area contributed by atoms with E-state index >= 15 is 0 Å². The number of nitrogens with zero attached hydrogens (tertiary/aromatic N) is 1. The molecule has 0 unspecified atom stereocenters. The summed E-state index contributed by atoms with van der Waals surface area (Å²) in [5.74, 6) is 3.66. The minimum absolute atomic E-state index is 0.536. The van der Waals surface area contributed by atoms with Crippen LogP contribution in [0.25, 0.3) is 0 Å². The van der Waals surface area contributed by atoms with E-state index in [0.29, 0.717) is 11.2 Å². The van der Waals surface area contributed by atoms with E-state index < -0.39 is 0 Å². The van der Waals surface area contributed by atoms with Crippen LogP contribution in [0.5, 0.6) is 0 Å². The van der Waals surface area contributed by atoms with E-state index in [1.54, 1.807) is 0 Å². The molecule has 0 aromatic carbocycles. The summed E-state index contributed by atoms with van der Waals surface area (Å²) in [5, 5.41) is 4.22. The lowest BCUT2D eigenvalue weighted by atomic mass is 9.54. The summed E-state index contributed by atoms with van der Waals surface area (Å²) in [5.41, 5.74) is 1.95. The minimum atomic E-state index is 0.536. The lowest BCUT2D eigenvalue weighted by Gasteiger charge is -2.54. The Bertz CT molecular complexity index is 558. The van der Waals surface area contributed by atoms with Crippen molar-refractivity contribution in [1.29, 1.82) is 0 Å². The molecule has 112 valence electrons. The van der Waals surface area contributed by atoms with Crippen LogP contribution >= 0.6 is 23.8 Å². The van der Waals surface area contributed by atoms with Gasteiger partial charge in [-0.15, -0.1) is 0 Å². The van der Waals surface area contributed by atoms with Gasteiger partial charge in [0, 0.05) is 17.3 Å². The zero-order chi connectivity index (χ0) is 14.6. The third-order valence-electron chi connectivity index (χ3n) is 5.82. The number of aromatic nitrogens is 1. The Kier molecular flexibility index (Phi) is 3.46. The molecule has 21 heavy (non-hydrogen) atoms. The standard InChI is InChI=1S/C17H21ClN2S/c1-9-14(2-3-15(18)19-9)17(21)20-16-12-5-10-4-11(7-12)8-13(16)6-10/h2-3,10-13,16H,4-8H2,1H3,(H,20,21). The van der Waals surface area contributed by atoms with Gasteiger partial charge in [-0.2, -0.15) is 0 Å². The summed E-state index contributed by atoms with van der Waals surface area (Å²) in [6.07, 6.45) is 7.12. The maximum absolute atomic E-state index is 5.94. The second-order valence-corrected chi connectivity index (χ2v) is 7.99. The Morgan fingerprint density at radius 1 is 1.14 bits per heavy atom. The zero-order valence-electron chi connectivity index (χ0n) is 12.3. The van der Waals surface area contributed by atoms with Gasteiger partial charge in [0.1, 0.15) is 10.1 Å². The molecule has 1 aromatic rings. The van der Waals surface area contributed by atoms with E-state index in [4.69, 9.17) is 23.8 Å². The van der Waals surface area contributed by atoms with Crippen LogP contribution in [0.15, 0.2) is 12.1 Å². The Morgan fingerprint density at radius 3 is 2.33 bits per heavy atom. The van der Waals surface area contributed by atoms with Crippen molar-refractivity contribution in [3.63, 3.8) is 0 Å². The second-order valence-electron chi connectivity index (χ2n) is 7.20. The average molecular weight is 321 g/mol. The Balaban J connectivity index is 1.52. The van der Waals surface area contributed by atoms with Crippen molar-refractivity contribution >= 4 is 28.8 Å². The molecule has 4 fully saturated rings. The molecule has 0 atom stereocenters. The third-order valence-corrected chi connectivity index (χ3v) is 6.37. The Morgan fingerprint density at radius 2 is 1.76 bits per heavy atom. The van der Waals surface area contributed by atoms with Crippen molar-refractivity contribution < 1.29 is 0 Å². The average Bonchev–Trinajstić information content (AvgIpc) is 2.41. The molecule has 5 rings (SSSR count). The molecule has 0 spiro atoms. The van der Waals surface area contributed by atoms with Gasteiger partial charge in [-0.05, 0) is 74.8 Å². The van der Waals surface area contributed by atoms with Crippen LogP contribution < -0.4 is 5.32 Å². The predicted octanol–water partition coefficient (Wildman–Crippen LogP) is 4.13. The molecule has 0 amide bonds. The van der Waals surface area contributed by atoms with Gasteiger partial charge in [0.05, 0.1) is 0 Å². The highest BCUT2D eigenvalue weighted by molar-refractivity contribution is 7.80. The molecule has 2 nitrogen and oxygen atoms in total. The van der Waals surface area contributed by atoms with Crippen molar-refractivity contribution in [3.8, 4) is 0 Å². The number of hydrogen-bond acceptors (Lipinski definition) is 2. The molecule has 4 heteroatoms. The Hall–Kier alpha value is -0.670. The van der Waals surface area contributed by atoms with Crippen LogP contribution in [0.2, 0.25) is 5.15 Å². The molecule has 1 aromatic heterocycles. The van der Waals surface area contributed by atoms with Crippen LogP contribution in [0.4, 0.5) is 0 Å². The van der Waals surface area contributed by atoms with Crippen molar-refractivity contribution in [2.75, 3.05) is 0 Å². The molecule has 1 N–H and O–H groups in total. The summed E-state index contributed by atoms with van der Waals surface area (Å²) in [6.45, 7) is 1.98. The number of hydrogen-bond donors (Lipinski definition) is 1. The second kappa shape index (κ2) is 5.20. The van der Waals surface area contributed by atoms with Gasteiger partial charge in [-0.3, -0.25) is 0 Å². The fourth-order valence-corrected chi connectivity index (χ4v) is 5.70. The van der Waals surface area contributed by atoms with E-state index in [2.05, 4.69) is 10.3 Å². The van der Waals surface area contributed by atoms with Crippen molar-refractivity contribution in [2.45, 2.75) is 45.1 Å². The van der Waals surface area contributed by atoms with E-state index in [0.717, 1.165) is 39.9 Å². The van der Waals surface area contributed by atoms with E-state index in [1.165, 1.54) is 32.1 Å². The third kappa shape index (κ3) is 2.49. The highest BCUT2D eigenvalue weighted by atomic mass is 35.5. The molecule has 0 aliphatic heterocycles. The number of nitrogens with one attached hydrogen (secondary N) is 1. The van der Waals surface area contributed by atoms with Crippen LogP contribution in [0.1, 0.15) is 43.4 Å². The fourth-order valence-electron chi connectivity index (χ4n) is 5.16. The van der Waals surface area contributed by atoms with E-state index in [1.807, 2.05) is 19.1 Å². The topological polar surface area (TPSA) is 24.9 Å². The predicted molar refractivity (Wildman–Crippen MR) is 89.7 cm³/mol. The van der Waals surface area contributed by atoms with Crippen LogP contribution in [-0.2, 0) is 0 Å². The van der Waals surface area contributed by atoms with Gasteiger partial charge in [0.15, 0.2) is 0 Å². The van der Waals surface area contributed by atoms with Crippen LogP contribution in [0.3, 0.4) is 0 Å². The number of pyridine rings is 1. The summed E-state index contributed by atoms with van der Waals surface area (Å²) >= 11 is 11.6. The first kappa shape index (κ1) is 14.0. The number of rotatable bonds is 2. The summed E-state index contributed by atoms with van der Waals surface area (Å²) in [7, 11) is 0. The van der Waals surface area contributed by atoms with Gasteiger partial charge in [0.25, 0.3) is 0 Å². The highest BCUT2D eigenvalue weighted by Crippen LogP contribution is 2.53. The molecule has 4 bridgehead atoms. The fraction of sp³-hybridized carbons (Fsp3) is 0.647. The van der Waals surface area contributed by atoms with Gasteiger partial charge >= 0.3 is 0 Å². The van der Waals surface area contributed by atoms with Gasteiger partial charge in [-0.25, -0.2) is 4.98 Å². The van der Waals surface area contributed by atoms with E-state index in [9.17, 15) is 0 Å². The van der Waals surface area contributed by atoms with Gasteiger partial charge in [0.2, 0.25) is 0 Å². The molecule has 0 radical (unpaired) electrons. The number of thiocarbonyl (C=S) groups is 1. The summed E-state index contributed by atoms with van der Waals surface area (Å²) < 4.78 is 0. The van der Waals surface area contributed by atoms with Crippen LogP contribution in [0, 0.1) is 30.6 Å². The largest absolute Gasteiger partial charge is 0.372 e. The molecular formula is C17H21ClN2S. The first-order chi connectivity index (χ1) is 10.1. The zero-order valence-corrected chi connectivity index (χ0v) is 13.9. The lowest BCUT2D eigenvalue weighted by Crippen LogP contribution is -2.55. The summed E-state index contributed by atoms with van der Waals surface area (Å²) in [6, 6.07) is 4.41. The first-order valence-electron chi connectivity index (χ1n) is 8.04. The summed E-state index contributed by atoms with van der Waals surface area (Å²) in [4.78, 5) is 5.17. The minimum Gasteiger partial charge on any atom is -0.372 e. The van der Waals surface area contributed by atoms with Gasteiger partial charge < -0.3 is 5.32 Å². The number of aryl methyl sites for hydroxylation is 1. The number of halogens is 1. The SMILES string of the molecule is Cc1nc(Cl)ccc1C(=S)NC1C2CC3CC(C2)CC1C3. The normalized spacial score (nSPS) is 36.8. The molecular weight excluding hydrogens is 300 g/mol. The maximum Gasteiger partial charge on any atom is 0.129 e. The van der Waals surface area contributed by atoms with Crippen molar-refractivity contribution in [1.82, 2.24) is 10.3 Å². The molecule has 4 saturated carbocycles. The highest BCUT2D eigenvalue weighted by Gasteiger charge is 2.48. The van der Waals surface area contributed by atoms with Crippen molar-refractivity contribution in [2.24, 2.45) is 23.7 Å². The molecule has 1 heterocycles. The molecule has 4 aliphatic carbocycles. The van der Waals surface area contributed by atoms with Gasteiger partial charge in [-0.1, -0.05) is 23.8 Å². The van der Waals surface area contributed by atoms with Crippen LogP contribution in [-0.4, -0.2) is 16.0 Å². The lowest BCUT2D eigenvalue weighted by molar-refractivity contribution is -0.00660. The smallest absolute Gasteiger partial charge is 0.129 e. The molecule has 4 aliphatic rings. The van der Waals surface area contributed by atoms with E-state index in [-0.39, 0.29) is 0 Å². The Labute approximate surface area is 136 Å². The first-order valence-corrected chi connectivity index (χ1v) is 8.83. The quantitative estimate of drug-likeness (QED) is 0.655. The maximum atomic E-state index is 5.94. The molecule has 0 saturated heterocycles. The monoisotopic (exact) mass is 320 g/mol. The van der Waals surface area contributed by atoms with Crippen molar-refractivity contribution in [3.05, 3.63) is 28.5 Å².